The molecule has 17 heavy (non-hydrogen) atoms. The molecule has 1 aliphatic carbocycles. The second kappa shape index (κ2) is 4.41. The van der Waals surface area contributed by atoms with Crippen molar-refractivity contribution in [2.75, 3.05) is 7.11 Å². The minimum absolute atomic E-state index is 0.207. The normalized spacial score (nSPS) is 35.2. The lowest BCUT2D eigenvalue weighted by Crippen LogP contribution is -2.41. The van der Waals surface area contributed by atoms with Crippen LogP contribution in [0, 0.1) is 5.92 Å². The van der Waals surface area contributed by atoms with Gasteiger partial charge in [0.15, 0.2) is 0 Å². The zero-order valence-corrected chi connectivity index (χ0v) is 11.5. The van der Waals surface area contributed by atoms with Crippen molar-refractivity contribution in [3.8, 4) is 0 Å². The van der Waals surface area contributed by atoms with E-state index < -0.39 is 0 Å². The number of hydrogen-bond acceptors (Lipinski definition) is 3. The fourth-order valence-corrected chi connectivity index (χ4v) is 2.17. The molecule has 0 aromatic heterocycles. The summed E-state index contributed by atoms with van der Waals surface area (Å²) in [5.74, 6) is 2.67. The summed E-state index contributed by atoms with van der Waals surface area (Å²) < 4.78 is 17.0. The molecule has 0 bridgehead atoms. The first kappa shape index (κ1) is 13.1. The molecule has 0 aromatic carbocycles. The highest BCUT2D eigenvalue weighted by atomic mass is 16.7. The van der Waals surface area contributed by atoms with Crippen LogP contribution in [0.2, 0.25) is 0 Å². The molecule has 0 unspecified atom stereocenters. The second-order valence-electron chi connectivity index (χ2n) is 6.10. The molecule has 0 spiro atoms. The molecule has 0 aromatic rings. The quantitative estimate of drug-likeness (QED) is 0.707. The highest BCUT2D eigenvalue weighted by molar-refractivity contribution is 6.51. The highest BCUT2D eigenvalue weighted by Crippen LogP contribution is 2.37. The standard InChI is InChI=1S/C13H23BO3/c1-12(2)13(3,4)17-14(16-12)7-6-10-8-11(9-10)15-5/h6-7,10-11H,8-9H2,1-5H3/b7-6+. The van der Waals surface area contributed by atoms with Crippen LogP contribution in [0.25, 0.3) is 0 Å². The van der Waals surface area contributed by atoms with Crippen LogP contribution in [0.4, 0.5) is 0 Å². The first-order valence-corrected chi connectivity index (χ1v) is 6.41. The van der Waals surface area contributed by atoms with Crippen molar-refractivity contribution in [3.63, 3.8) is 0 Å². The Bertz CT molecular complexity index is 290. The van der Waals surface area contributed by atoms with Crippen LogP contribution in [-0.4, -0.2) is 31.5 Å². The van der Waals surface area contributed by atoms with Crippen LogP contribution in [0.1, 0.15) is 40.5 Å². The molecule has 0 radical (unpaired) electrons. The summed E-state index contributed by atoms with van der Waals surface area (Å²) in [7, 11) is 1.57. The maximum atomic E-state index is 5.90. The monoisotopic (exact) mass is 238 g/mol. The van der Waals surface area contributed by atoms with E-state index in [2.05, 4.69) is 33.8 Å². The van der Waals surface area contributed by atoms with Crippen LogP contribution in [0.5, 0.6) is 0 Å². The van der Waals surface area contributed by atoms with Crippen molar-refractivity contribution >= 4 is 7.12 Å². The number of rotatable bonds is 3. The molecular weight excluding hydrogens is 215 g/mol. The van der Waals surface area contributed by atoms with Gasteiger partial charge in [-0.25, -0.2) is 0 Å². The Morgan fingerprint density at radius 2 is 1.65 bits per heavy atom. The van der Waals surface area contributed by atoms with E-state index in [-0.39, 0.29) is 18.3 Å². The van der Waals surface area contributed by atoms with Gasteiger partial charge in [0.05, 0.1) is 17.3 Å². The molecule has 1 saturated carbocycles. The fourth-order valence-electron chi connectivity index (χ4n) is 2.17. The van der Waals surface area contributed by atoms with Crippen molar-refractivity contribution in [2.45, 2.75) is 57.8 Å². The summed E-state index contributed by atoms with van der Waals surface area (Å²) >= 11 is 0. The van der Waals surface area contributed by atoms with Gasteiger partial charge in [-0.1, -0.05) is 12.1 Å². The van der Waals surface area contributed by atoms with E-state index >= 15 is 0 Å². The Morgan fingerprint density at radius 1 is 1.12 bits per heavy atom. The third kappa shape index (κ3) is 2.59. The number of methoxy groups -OCH3 is 1. The van der Waals surface area contributed by atoms with Crippen LogP contribution in [0.3, 0.4) is 0 Å². The Morgan fingerprint density at radius 3 is 2.12 bits per heavy atom. The molecular formula is C13H23BO3. The van der Waals surface area contributed by atoms with E-state index in [1.54, 1.807) is 7.11 Å². The zero-order valence-electron chi connectivity index (χ0n) is 11.5. The van der Waals surface area contributed by atoms with E-state index in [1.165, 1.54) is 0 Å². The van der Waals surface area contributed by atoms with Gasteiger partial charge in [0, 0.05) is 7.11 Å². The topological polar surface area (TPSA) is 27.7 Å². The third-order valence-electron chi connectivity index (χ3n) is 4.28. The SMILES string of the molecule is COC1CC(/C=C/B2OC(C)(C)C(C)(C)O2)C1. The predicted octanol–water partition coefficient (Wildman–Crippen LogP) is 2.60. The Balaban J connectivity index is 1.84. The molecule has 3 nitrogen and oxygen atoms in total. The van der Waals surface area contributed by atoms with Crippen molar-refractivity contribution in [1.82, 2.24) is 0 Å². The lowest BCUT2D eigenvalue weighted by molar-refractivity contribution is 0.00578. The van der Waals surface area contributed by atoms with E-state index in [0.29, 0.717) is 12.0 Å². The predicted molar refractivity (Wildman–Crippen MR) is 68.7 cm³/mol. The summed E-state index contributed by atoms with van der Waals surface area (Å²) in [6.45, 7) is 8.30. The first-order chi connectivity index (χ1) is 7.84. The van der Waals surface area contributed by atoms with Crippen molar-refractivity contribution in [1.29, 1.82) is 0 Å². The Labute approximate surface area is 105 Å². The highest BCUT2D eigenvalue weighted by Gasteiger charge is 2.50. The van der Waals surface area contributed by atoms with Gasteiger partial charge in [-0.05, 0) is 46.5 Å². The second-order valence-corrected chi connectivity index (χ2v) is 6.10. The van der Waals surface area contributed by atoms with Gasteiger partial charge in [0.2, 0.25) is 0 Å². The molecule has 1 aliphatic heterocycles. The van der Waals surface area contributed by atoms with Gasteiger partial charge in [0.1, 0.15) is 0 Å². The Kier molecular flexibility index (Phi) is 3.41. The van der Waals surface area contributed by atoms with E-state index in [0.717, 1.165) is 12.8 Å². The van der Waals surface area contributed by atoms with Crippen LogP contribution in [0.15, 0.2) is 12.1 Å². The third-order valence-corrected chi connectivity index (χ3v) is 4.28. The summed E-state index contributed by atoms with van der Waals surface area (Å²) in [5, 5.41) is 0. The smallest absolute Gasteiger partial charge is 0.400 e. The molecule has 1 heterocycles. The zero-order chi connectivity index (χ0) is 12.7. The van der Waals surface area contributed by atoms with Gasteiger partial charge < -0.3 is 14.0 Å². The van der Waals surface area contributed by atoms with Gasteiger partial charge in [0.25, 0.3) is 0 Å². The lowest BCUT2D eigenvalue weighted by atomic mass is 9.78. The van der Waals surface area contributed by atoms with Crippen molar-refractivity contribution < 1.29 is 14.0 Å². The number of hydrogen-bond donors (Lipinski definition) is 0. The lowest BCUT2D eigenvalue weighted by Gasteiger charge is -2.32. The van der Waals surface area contributed by atoms with Crippen LogP contribution < -0.4 is 0 Å². The Hall–Kier alpha value is -0.315. The van der Waals surface area contributed by atoms with Crippen molar-refractivity contribution in [2.24, 2.45) is 5.92 Å². The molecule has 4 heteroatoms. The van der Waals surface area contributed by atoms with Gasteiger partial charge >= 0.3 is 7.12 Å². The van der Waals surface area contributed by atoms with Crippen molar-refractivity contribution in [3.05, 3.63) is 12.1 Å². The van der Waals surface area contributed by atoms with Gasteiger partial charge in [-0.2, -0.15) is 0 Å². The maximum Gasteiger partial charge on any atom is 0.486 e. The van der Waals surface area contributed by atoms with E-state index in [9.17, 15) is 0 Å². The largest absolute Gasteiger partial charge is 0.486 e. The summed E-state index contributed by atoms with van der Waals surface area (Å²) in [4.78, 5) is 0. The number of allylic oxidation sites excluding steroid dienone is 1. The molecule has 96 valence electrons. The molecule has 0 amide bonds. The van der Waals surface area contributed by atoms with Crippen LogP contribution in [-0.2, 0) is 14.0 Å². The van der Waals surface area contributed by atoms with E-state index in [4.69, 9.17) is 14.0 Å². The summed E-state index contributed by atoms with van der Waals surface area (Å²) in [6, 6.07) is 0. The van der Waals surface area contributed by atoms with Gasteiger partial charge in [-0.15, -0.1) is 0 Å². The maximum absolute atomic E-state index is 5.90. The summed E-state index contributed by atoms with van der Waals surface area (Å²) in [6.07, 6.45) is 4.89. The fraction of sp³-hybridized carbons (Fsp3) is 0.846. The minimum atomic E-state index is -0.239. The molecule has 2 fully saturated rings. The van der Waals surface area contributed by atoms with E-state index in [1.807, 2.05) is 5.98 Å². The molecule has 1 saturated heterocycles. The minimum Gasteiger partial charge on any atom is -0.400 e. The average molecular weight is 238 g/mol. The molecule has 2 rings (SSSR count). The average Bonchev–Trinajstić information content (AvgIpc) is 2.33. The summed E-state index contributed by atoms with van der Waals surface area (Å²) in [5.41, 5.74) is -0.479. The van der Waals surface area contributed by atoms with Crippen LogP contribution >= 0.6 is 0 Å². The molecule has 2 aliphatic rings. The molecule has 0 atom stereocenters. The first-order valence-electron chi connectivity index (χ1n) is 6.41. The van der Waals surface area contributed by atoms with Gasteiger partial charge in [-0.3, -0.25) is 0 Å². The number of ether oxygens (including phenoxy) is 1. The molecule has 0 N–H and O–H groups in total.